The van der Waals surface area contributed by atoms with Crippen LogP contribution in [0.25, 0.3) is 23.3 Å². The number of likely N-dealkylation sites (tertiary alicyclic amines) is 2. The first-order chi connectivity index (χ1) is 26.2. The highest BCUT2D eigenvalue weighted by atomic mass is 19.4. The Labute approximate surface area is 318 Å². The van der Waals surface area contributed by atoms with E-state index in [-0.39, 0.29) is 30.5 Å². The van der Waals surface area contributed by atoms with Gasteiger partial charge in [-0.05, 0) is 84.8 Å². The van der Waals surface area contributed by atoms with Gasteiger partial charge in [0.15, 0.2) is 0 Å². The highest BCUT2D eigenvalue weighted by molar-refractivity contribution is 6.04. The van der Waals surface area contributed by atoms with E-state index in [0.29, 0.717) is 60.8 Å². The van der Waals surface area contributed by atoms with Crippen LogP contribution in [0.3, 0.4) is 0 Å². The average Bonchev–Trinajstić information content (AvgIpc) is 3.80. The minimum absolute atomic E-state index is 0.0586. The lowest BCUT2D eigenvalue weighted by Gasteiger charge is -2.20. The number of nitrogens with zero attached hydrogens (tertiary/aromatic N) is 3. The lowest BCUT2D eigenvalue weighted by molar-refractivity contribution is -0.141. The predicted molar refractivity (Wildman–Crippen MR) is 204 cm³/mol. The van der Waals surface area contributed by atoms with E-state index in [1.807, 2.05) is 49.1 Å². The van der Waals surface area contributed by atoms with Gasteiger partial charge in [0.2, 0.25) is 0 Å². The molecule has 13 heteroatoms. The van der Waals surface area contributed by atoms with Gasteiger partial charge in [-0.3, -0.25) is 24.4 Å². The number of pyridine rings is 1. The number of carbonyl (C=O) groups is 2. The van der Waals surface area contributed by atoms with E-state index in [1.54, 1.807) is 24.4 Å². The number of hydrogen-bond acceptors (Lipinski definition) is 8. The standard InChI is InChI=1S/C42H45F3N4O6/c1-25-27(11-12-28-18-38(54-3)30(17-35(28)42(43,44)45)22-48-15-13-29(21-48)41(52)53)7-5-8-33(25)34-9-6-10-36(26(34)2)47-40(51)37-19-39(55-4)31(20-46-37)23-49-16-14-32(50)24-49/h5-12,17-20,29,32,50H,13-16,21-24H2,1-4H3,(H,47,51)(H,52,53)/b12-11+/t29-,32-/m1/s1. The van der Waals surface area contributed by atoms with E-state index in [0.717, 1.165) is 40.4 Å². The Morgan fingerprint density at radius 2 is 1.51 bits per heavy atom. The minimum Gasteiger partial charge on any atom is -0.496 e. The second-order valence-electron chi connectivity index (χ2n) is 14.2. The van der Waals surface area contributed by atoms with Crippen molar-refractivity contribution < 1.29 is 42.4 Å². The summed E-state index contributed by atoms with van der Waals surface area (Å²) in [5, 5.41) is 22.2. The van der Waals surface area contributed by atoms with Gasteiger partial charge < -0.3 is 25.0 Å². The van der Waals surface area contributed by atoms with Crippen LogP contribution in [-0.2, 0) is 24.1 Å². The Balaban J connectivity index is 1.23. The van der Waals surface area contributed by atoms with Crippen LogP contribution in [0.15, 0.2) is 60.8 Å². The molecule has 10 nitrogen and oxygen atoms in total. The Morgan fingerprint density at radius 1 is 0.873 bits per heavy atom. The Hall–Kier alpha value is -5.24. The van der Waals surface area contributed by atoms with Crippen molar-refractivity contribution in [2.24, 2.45) is 5.92 Å². The summed E-state index contributed by atoms with van der Waals surface area (Å²) in [5.74, 6) is -1.05. The van der Waals surface area contributed by atoms with E-state index in [9.17, 15) is 33.0 Å². The van der Waals surface area contributed by atoms with Crippen molar-refractivity contribution in [3.63, 3.8) is 0 Å². The molecule has 2 aliphatic rings. The Morgan fingerprint density at radius 3 is 2.16 bits per heavy atom. The number of aliphatic hydroxyl groups excluding tert-OH is 1. The average molecular weight is 759 g/mol. The Kier molecular flexibility index (Phi) is 11.9. The number of alkyl halides is 3. The summed E-state index contributed by atoms with van der Waals surface area (Å²) in [5.41, 5.74) is 5.07. The first-order valence-electron chi connectivity index (χ1n) is 18.1. The topological polar surface area (TPSA) is 124 Å². The van der Waals surface area contributed by atoms with Crippen LogP contribution in [0, 0.1) is 19.8 Å². The molecule has 0 bridgehead atoms. The van der Waals surface area contributed by atoms with E-state index in [2.05, 4.69) is 15.2 Å². The summed E-state index contributed by atoms with van der Waals surface area (Å²) in [6.07, 6.45) is 0.860. The fourth-order valence-corrected chi connectivity index (χ4v) is 7.41. The molecule has 2 fully saturated rings. The number of amides is 1. The number of nitrogens with one attached hydrogen (secondary N) is 1. The number of aliphatic hydroxyl groups is 1. The zero-order chi connectivity index (χ0) is 39.4. The van der Waals surface area contributed by atoms with E-state index >= 15 is 0 Å². The van der Waals surface area contributed by atoms with Gasteiger partial charge in [-0.25, -0.2) is 0 Å². The number of anilines is 1. The molecular weight excluding hydrogens is 713 g/mol. The van der Waals surface area contributed by atoms with E-state index in [4.69, 9.17) is 9.47 Å². The molecule has 0 radical (unpaired) electrons. The van der Waals surface area contributed by atoms with Gasteiger partial charge in [0.25, 0.3) is 5.91 Å². The number of benzene rings is 3. The summed E-state index contributed by atoms with van der Waals surface area (Å²) < 4.78 is 54.4. The van der Waals surface area contributed by atoms with Crippen LogP contribution in [0.4, 0.5) is 18.9 Å². The van der Waals surface area contributed by atoms with Crippen LogP contribution >= 0.6 is 0 Å². The molecule has 4 aromatic rings. The summed E-state index contributed by atoms with van der Waals surface area (Å²) in [6, 6.07) is 15.2. The molecule has 55 heavy (non-hydrogen) atoms. The molecule has 2 atom stereocenters. The molecule has 3 aromatic carbocycles. The fourth-order valence-electron chi connectivity index (χ4n) is 7.41. The molecule has 0 unspecified atom stereocenters. The molecule has 2 saturated heterocycles. The molecule has 1 amide bonds. The van der Waals surface area contributed by atoms with Crippen molar-refractivity contribution in [3.05, 3.63) is 105 Å². The van der Waals surface area contributed by atoms with Gasteiger partial charge in [-0.1, -0.05) is 42.5 Å². The predicted octanol–water partition coefficient (Wildman–Crippen LogP) is 7.30. The van der Waals surface area contributed by atoms with Gasteiger partial charge in [0, 0.05) is 61.8 Å². The van der Waals surface area contributed by atoms with Crippen molar-refractivity contribution in [1.29, 1.82) is 0 Å². The molecule has 290 valence electrons. The number of aliphatic carboxylic acids is 1. The lowest BCUT2D eigenvalue weighted by Crippen LogP contribution is -2.23. The Bertz CT molecular complexity index is 2100. The maximum atomic E-state index is 14.4. The summed E-state index contributed by atoms with van der Waals surface area (Å²) in [6.45, 7) is 6.55. The number of carboxylic acid groups (broad SMARTS) is 1. The third kappa shape index (κ3) is 9.01. The normalized spacial score (nSPS) is 17.9. The molecule has 2 aliphatic heterocycles. The van der Waals surface area contributed by atoms with Crippen LogP contribution in [0.2, 0.25) is 0 Å². The molecule has 3 N–H and O–H groups in total. The number of rotatable bonds is 12. The maximum Gasteiger partial charge on any atom is 0.417 e. The van der Waals surface area contributed by atoms with Gasteiger partial charge in [0.05, 0.1) is 31.8 Å². The smallest absolute Gasteiger partial charge is 0.417 e. The van der Waals surface area contributed by atoms with Crippen LogP contribution in [0.1, 0.15) is 62.3 Å². The first-order valence-corrected chi connectivity index (χ1v) is 18.1. The molecule has 1 aromatic heterocycles. The number of ether oxygens (including phenoxy) is 2. The van der Waals surface area contributed by atoms with Crippen molar-refractivity contribution >= 4 is 29.7 Å². The van der Waals surface area contributed by atoms with Crippen molar-refractivity contribution in [1.82, 2.24) is 14.8 Å². The third-order valence-corrected chi connectivity index (χ3v) is 10.5. The lowest BCUT2D eigenvalue weighted by atomic mass is 9.92. The molecule has 0 spiro atoms. The summed E-state index contributed by atoms with van der Waals surface area (Å²) in [4.78, 5) is 33.2. The molecule has 0 saturated carbocycles. The number of hydrogen-bond donors (Lipinski definition) is 3. The van der Waals surface area contributed by atoms with Gasteiger partial charge >= 0.3 is 12.1 Å². The van der Waals surface area contributed by atoms with Crippen LogP contribution in [0.5, 0.6) is 11.5 Å². The highest BCUT2D eigenvalue weighted by Gasteiger charge is 2.35. The number of carboxylic acids is 1. The zero-order valence-corrected chi connectivity index (χ0v) is 31.2. The molecule has 0 aliphatic carbocycles. The SMILES string of the molecule is COc1cc(C(=O)Nc2cccc(-c3cccc(/C=C/c4cc(OC)c(CN5CC[C@@H](C(=O)O)C5)cc4C(F)(F)F)c3C)c2C)ncc1CN1CC[C@@H](O)C1. The highest BCUT2D eigenvalue weighted by Crippen LogP contribution is 2.39. The van der Waals surface area contributed by atoms with Gasteiger partial charge in [-0.2, -0.15) is 13.2 Å². The minimum atomic E-state index is -4.64. The van der Waals surface area contributed by atoms with Gasteiger partial charge in [0.1, 0.15) is 17.2 Å². The number of carbonyl (C=O) groups excluding carboxylic acids is 1. The fraction of sp³-hybridized carbons (Fsp3) is 0.357. The molecular formula is C42H45F3N4O6. The van der Waals surface area contributed by atoms with Gasteiger partial charge in [-0.15, -0.1) is 0 Å². The number of methoxy groups -OCH3 is 2. The number of aromatic nitrogens is 1. The second-order valence-corrected chi connectivity index (χ2v) is 14.2. The first kappa shape index (κ1) is 39.5. The van der Waals surface area contributed by atoms with Crippen LogP contribution in [-0.4, -0.2) is 83.4 Å². The third-order valence-electron chi connectivity index (χ3n) is 10.5. The summed E-state index contributed by atoms with van der Waals surface area (Å²) in [7, 11) is 2.94. The number of β-amino-alcohol motifs (C(OH)–C–C–N with tert-alkyl or cyclic N) is 1. The zero-order valence-electron chi connectivity index (χ0n) is 31.2. The molecule has 3 heterocycles. The van der Waals surface area contributed by atoms with Crippen LogP contribution < -0.4 is 14.8 Å². The van der Waals surface area contributed by atoms with E-state index < -0.39 is 29.5 Å². The summed E-state index contributed by atoms with van der Waals surface area (Å²) >= 11 is 0. The van der Waals surface area contributed by atoms with Crippen molar-refractivity contribution in [2.45, 2.75) is 52.1 Å². The largest absolute Gasteiger partial charge is 0.496 e. The van der Waals surface area contributed by atoms with Crippen molar-refractivity contribution in [2.75, 3.05) is 45.7 Å². The van der Waals surface area contributed by atoms with E-state index in [1.165, 1.54) is 26.4 Å². The maximum absolute atomic E-state index is 14.4. The van der Waals surface area contributed by atoms with Crippen molar-refractivity contribution in [3.8, 4) is 22.6 Å². The monoisotopic (exact) mass is 758 g/mol. The second kappa shape index (κ2) is 16.6. The quantitative estimate of drug-likeness (QED) is 0.128. The molecule has 6 rings (SSSR count). The number of halogens is 3.